The molecule has 1 aliphatic heterocycles. The van der Waals surface area contributed by atoms with Gasteiger partial charge < -0.3 is 15.5 Å². The molecule has 2 N–H and O–H groups in total. The number of nitrogens with one attached hydrogen (secondary N) is 2. The van der Waals surface area contributed by atoms with Crippen molar-refractivity contribution in [1.29, 1.82) is 0 Å². The van der Waals surface area contributed by atoms with E-state index in [1.807, 2.05) is 30.7 Å². The first-order chi connectivity index (χ1) is 16.1. The number of rotatable bonds is 4. The van der Waals surface area contributed by atoms with E-state index in [0.717, 1.165) is 41.3 Å². The fourth-order valence-corrected chi connectivity index (χ4v) is 5.44. The molecule has 8 nitrogen and oxygen atoms in total. The van der Waals surface area contributed by atoms with E-state index in [0.29, 0.717) is 23.9 Å². The Morgan fingerprint density at radius 3 is 2.44 bits per heavy atom. The first-order valence-electron chi connectivity index (χ1n) is 12.0. The summed E-state index contributed by atoms with van der Waals surface area (Å²) in [5, 5.41) is 7.87. The zero-order valence-electron chi connectivity index (χ0n) is 19.6. The second-order valence-electron chi connectivity index (χ2n) is 9.56. The number of anilines is 3. The lowest BCUT2D eigenvalue weighted by molar-refractivity contribution is 0.407. The lowest BCUT2D eigenvalue weighted by Gasteiger charge is -2.37. The number of aromatic nitrogens is 5. The van der Waals surface area contributed by atoms with Crippen LogP contribution in [0.2, 0.25) is 0 Å². The van der Waals surface area contributed by atoms with Crippen LogP contribution in [-0.4, -0.2) is 49.5 Å². The summed E-state index contributed by atoms with van der Waals surface area (Å²) in [5.74, 6) is 1.84. The van der Waals surface area contributed by atoms with Gasteiger partial charge in [-0.1, -0.05) is 12.8 Å². The number of hydrogen-bond acceptors (Lipinski definition) is 7. The van der Waals surface area contributed by atoms with Gasteiger partial charge in [-0.25, -0.2) is 15.0 Å². The van der Waals surface area contributed by atoms with E-state index in [1.165, 1.54) is 31.4 Å². The van der Waals surface area contributed by atoms with Crippen LogP contribution in [0.3, 0.4) is 0 Å². The lowest BCUT2D eigenvalue weighted by Crippen LogP contribution is -2.54. The van der Waals surface area contributed by atoms with E-state index in [4.69, 9.17) is 4.98 Å². The number of hydrogen-bond donors (Lipinski definition) is 2. The van der Waals surface area contributed by atoms with Crippen LogP contribution in [0.25, 0.3) is 16.7 Å². The van der Waals surface area contributed by atoms with Gasteiger partial charge in [-0.2, -0.15) is 4.98 Å². The third-order valence-corrected chi connectivity index (χ3v) is 6.92. The van der Waals surface area contributed by atoms with Crippen LogP contribution in [0.4, 0.5) is 17.5 Å². The fraction of sp³-hybridized carbons (Fsp3) is 0.440. The highest BCUT2D eigenvalue weighted by Gasteiger charge is 2.23. The van der Waals surface area contributed by atoms with Crippen molar-refractivity contribution in [3.05, 3.63) is 48.5 Å². The summed E-state index contributed by atoms with van der Waals surface area (Å²) in [6.07, 6.45) is 10.9. The van der Waals surface area contributed by atoms with Crippen LogP contribution in [0.5, 0.6) is 0 Å². The highest BCUT2D eigenvalue weighted by atomic mass is 35.5. The van der Waals surface area contributed by atoms with E-state index in [1.54, 1.807) is 0 Å². The van der Waals surface area contributed by atoms with Gasteiger partial charge in [0.2, 0.25) is 5.95 Å². The average molecular weight is 479 g/mol. The van der Waals surface area contributed by atoms with Gasteiger partial charge in [0.15, 0.2) is 5.65 Å². The summed E-state index contributed by atoms with van der Waals surface area (Å²) in [4.78, 5) is 21.1. The van der Waals surface area contributed by atoms with Crippen molar-refractivity contribution < 1.29 is 0 Å². The molecule has 2 fully saturated rings. The molecule has 5 heterocycles. The fourth-order valence-electron chi connectivity index (χ4n) is 5.44. The molecule has 1 saturated carbocycles. The molecule has 178 valence electrons. The van der Waals surface area contributed by atoms with Crippen molar-refractivity contribution in [2.45, 2.75) is 57.5 Å². The van der Waals surface area contributed by atoms with Gasteiger partial charge in [0, 0.05) is 54.6 Å². The van der Waals surface area contributed by atoms with Crippen molar-refractivity contribution in [2.75, 3.05) is 23.3 Å². The van der Waals surface area contributed by atoms with E-state index < -0.39 is 0 Å². The average Bonchev–Trinajstić information content (AvgIpc) is 3.49. The van der Waals surface area contributed by atoms with Gasteiger partial charge in [0.25, 0.3) is 0 Å². The maximum Gasteiger partial charge on any atom is 0.230 e. The molecule has 1 aliphatic carbocycles. The first-order valence-corrected chi connectivity index (χ1v) is 12.0. The van der Waals surface area contributed by atoms with Crippen LogP contribution in [-0.2, 0) is 0 Å². The Morgan fingerprint density at radius 2 is 1.71 bits per heavy atom. The summed E-state index contributed by atoms with van der Waals surface area (Å²) < 4.78 is 2.21. The number of piperazine rings is 1. The van der Waals surface area contributed by atoms with Crippen LogP contribution in [0.1, 0.15) is 51.1 Å². The molecule has 0 amide bonds. The molecular formula is C25H31ClN8. The molecule has 6 rings (SSSR count). The third-order valence-electron chi connectivity index (χ3n) is 6.92. The van der Waals surface area contributed by atoms with E-state index in [-0.39, 0.29) is 12.4 Å². The summed E-state index contributed by atoms with van der Waals surface area (Å²) in [6, 6.07) is 9.14. The number of halogens is 1. The van der Waals surface area contributed by atoms with E-state index in [2.05, 4.69) is 60.9 Å². The van der Waals surface area contributed by atoms with Crippen LogP contribution >= 0.6 is 12.4 Å². The third kappa shape index (κ3) is 4.28. The Bertz CT molecular complexity index is 1270. The molecule has 0 radical (unpaired) electrons. The van der Waals surface area contributed by atoms with Crippen molar-refractivity contribution in [3.8, 4) is 0 Å². The number of nitrogens with zero attached hydrogens (tertiary/aromatic N) is 6. The smallest absolute Gasteiger partial charge is 0.230 e. The Hall–Kier alpha value is -2.97. The molecule has 2 aliphatic rings. The highest BCUT2D eigenvalue weighted by Crippen LogP contribution is 2.35. The van der Waals surface area contributed by atoms with Gasteiger partial charge in [0.1, 0.15) is 11.5 Å². The first kappa shape index (κ1) is 22.8. The minimum atomic E-state index is 0. The second-order valence-corrected chi connectivity index (χ2v) is 9.56. The van der Waals surface area contributed by atoms with E-state index in [9.17, 15) is 0 Å². The molecule has 0 aromatic carbocycles. The number of fused-ring (bicyclic) bond motifs is 3. The molecule has 1 saturated heterocycles. The van der Waals surface area contributed by atoms with Crippen LogP contribution in [0.15, 0.2) is 42.9 Å². The quantitative estimate of drug-likeness (QED) is 0.440. The molecule has 4 aromatic heterocycles. The van der Waals surface area contributed by atoms with Gasteiger partial charge in [-0.15, -0.1) is 12.4 Å². The lowest BCUT2D eigenvalue weighted by atomic mass is 10.1. The maximum absolute atomic E-state index is 4.88. The Kier molecular flexibility index (Phi) is 6.27. The molecule has 0 unspecified atom stereocenters. The molecule has 4 aromatic rings. The molecule has 9 heteroatoms. The summed E-state index contributed by atoms with van der Waals surface area (Å²) in [7, 11) is 0. The zero-order valence-corrected chi connectivity index (χ0v) is 20.4. The minimum absolute atomic E-state index is 0. The standard InChI is InChI=1S/C25H30N8.ClH/c1-16-14-32(15-17(2)29-16)20-8-9-22(26-12-20)30-25-28-11-19-7-10-23-27-13-21(18-5-3-4-6-18)33(23)24(19)31-25;/h7-13,16-18,29H,3-6,14-15H2,1-2H3,(H,26,28,30,31);1H/t16-,17+;. The summed E-state index contributed by atoms with van der Waals surface area (Å²) >= 11 is 0. The topological polar surface area (TPSA) is 83.3 Å². The van der Waals surface area contributed by atoms with Gasteiger partial charge >= 0.3 is 0 Å². The molecule has 34 heavy (non-hydrogen) atoms. The molecule has 0 spiro atoms. The van der Waals surface area contributed by atoms with Crippen molar-refractivity contribution in [3.63, 3.8) is 0 Å². The van der Waals surface area contributed by atoms with Gasteiger partial charge in [-0.05, 0) is 51.0 Å². The van der Waals surface area contributed by atoms with Gasteiger partial charge in [0.05, 0.1) is 11.9 Å². The minimum Gasteiger partial charge on any atom is -0.367 e. The van der Waals surface area contributed by atoms with Gasteiger partial charge in [-0.3, -0.25) is 4.40 Å². The largest absolute Gasteiger partial charge is 0.367 e. The predicted octanol–water partition coefficient (Wildman–Crippen LogP) is 4.68. The van der Waals surface area contributed by atoms with Crippen molar-refractivity contribution in [2.24, 2.45) is 0 Å². The normalized spacial score (nSPS) is 21.2. The molecule has 0 bridgehead atoms. The van der Waals surface area contributed by atoms with Crippen molar-refractivity contribution in [1.82, 2.24) is 29.7 Å². The Morgan fingerprint density at radius 1 is 0.912 bits per heavy atom. The number of pyridine rings is 2. The SMILES string of the molecule is C[C@@H]1CN(c2ccc(Nc3ncc4ccc5ncc(C6CCCC6)n5c4n3)nc2)C[C@H](C)N1.Cl. The predicted molar refractivity (Wildman–Crippen MR) is 139 cm³/mol. The Balaban J connectivity index is 0.00000241. The van der Waals surface area contributed by atoms with Crippen LogP contribution < -0.4 is 15.5 Å². The van der Waals surface area contributed by atoms with E-state index >= 15 is 0 Å². The molecule has 2 atom stereocenters. The summed E-state index contributed by atoms with van der Waals surface area (Å²) in [6.45, 7) is 6.41. The zero-order chi connectivity index (χ0) is 22.4. The second kappa shape index (κ2) is 9.35. The summed E-state index contributed by atoms with van der Waals surface area (Å²) in [5.41, 5.74) is 4.24. The highest BCUT2D eigenvalue weighted by molar-refractivity contribution is 5.85. The molecular weight excluding hydrogens is 448 g/mol. The number of imidazole rings is 1. The van der Waals surface area contributed by atoms with Crippen LogP contribution in [0, 0.1) is 0 Å². The maximum atomic E-state index is 4.88. The Labute approximate surface area is 205 Å². The van der Waals surface area contributed by atoms with Crippen molar-refractivity contribution >= 4 is 46.5 Å². The monoisotopic (exact) mass is 478 g/mol.